The lowest BCUT2D eigenvalue weighted by Gasteiger charge is -2.43. The average Bonchev–Trinajstić information content (AvgIpc) is 3.52. The van der Waals surface area contributed by atoms with Crippen LogP contribution in [-0.2, 0) is 14.3 Å². The van der Waals surface area contributed by atoms with E-state index in [0.29, 0.717) is 24.4 Å². The third kappa shape index (κ3) is 6.63. The van der Waals surface area contributed by atoms with Crippen molar-refractivity contribution in [1.82, 2.24) is 14.9 Å². The van der Waals surface area contributed by atoms with Crippen LogP contribution in [0.5, 0.6) is 0 Å². The molecule has 1 aromatic heterocycles. The molecule has 8 nitrogen and oxygen atoms in total. The second-order valence-corrected chi connectivity index (χ2v) is 7.94. The number of nitrogens with zero attached hydrogens (tertiary/aromatic N) is 3. The Bertz CT molecular complexity index is 730. The van der Waals surface area contributed by atoms with Gasteiger partial charge in [0, 0.05) is 32.0 Å². The van der Waals surface area contributed by atoms with E-state index in [0.717, 1.165) is 31.8 Å². The number of likely N-dealkylation sites (tertiary alicyclic amines) is 1. The largest absolute Gasteiger partial charge is 0.490 e. The molecule has 0 bridgehead atoms. The molecule has 0 spiro atoms. The number of carboxylic acids is 1. The number of fused-ring (bicyclic) bond motifs is 1. The zero-order chi connectivity index (χ0) is 21.7. The molecule has 0 aromatic carbocycles. The number of carbonyl (C=O) groups is 2. The zero-order valence-corrected chi connectivity index (χ0v) is 16.3. The molecule has 3 atom stereocenters. The molecular formula is C19H25F3N4O4. The minimum atomic E-state index is -5.08. The highest BCUT2D eigenvalue weighted by Crippen LogP contribution is 2.35. The molecule has 2 N–H and O–H groups in total. The molecule has 1 aliphatic carbocycles. The molecule has 0 unspecified atom stereocenters. The predicted octanol–water partition coefficient (Wildman–Crippen LogP) is 2.19. The fourth-order valence-corrected chi connectivity index (χ4v) is 3.81. The molecule has 3 fully saturated rings. The molecule has 3 aliphatic rings. The van der Waals surface area contributed by atoms with Gasteiger partial charge in [-0.3, -0.25) is 9.78 Å². The lowest BCUT2D eigenvalue weighted by atomic mass is 9.83. The number of alkyl halides is 3. The first kappa shape index (κ1) is 22.4. The van der Waals surface area contributed by atoms with Crippen LogP contribution in [-0.4, -0.2) is 70.4 Å². The van der Waals surface area contributed by atoms with Gasteiger partial charge in [-0.1, -0.05) is 0 Å². The maximum Gasteiger partial charge on any atom is 0.490 e. The van der Waals surface area contributed by atoms with E-state index in [9.17, 15) is 18.0 Å². The molecule has 2 saturated heterocycles. The Hall–Kier alpha value is -2.27. The summed E-state index contributed by atoms with van der Waals surface area (Å²) in [6.45, 7) is 3.99. The Morgan fingerprint density at radius 1 is 1.27 bits per heavy atom. The van der Waals surface area contributed by atoms with Crippen LogP contribution in [0.2, 0.25) is 0 Å². The Labute approximate surface area is 171 Å². The van der Waals surface area contributed by atoms with E-state index in [1.54, 1.807) is 18.6 Å². The van der Waals surface area contributed by atoms with Crippen LogP contribution in [0.15, 0.2) is 18.6 Å². The summed E-state index contributed by atoms with van der Waals surface area (Å²) in [5.74, 6) is -0.922. The summed E-state index contributed by atoms with van der Waals surface area (Å²) in [5, 5.41) is 9.98. The molecule has 30 heavy (non-hydrogen) atoms. The normalized spacial score (nSPS) is 26.7. The van der Waals surface area contributed by atoms with Gasteiger partial charge in [0.25, 0.3) is 0 Å². The number of carbonyl (C=O) groups excluding carboxylic acids is 1. The number of nitrogens with one attached hydrogen (secondary N) is 1. The number of piperidine rings is 1. The summed E-state index contributed by atoms with van der Waals surface area (Å²) >= 11 is 0. The van der Waals surface area contributed by atoms with E-state index < -0.39 is 12.1 Å². The van der Waals surface area contributed by atoms with Crippen molar-refractivity contribution >= 4 is 17.7 Å². The SMILES string of the molecule is O=C(Nc1cnccn1)[C@H]1CO[C@H]2CCN(CC3CC3)C[C@H]2C1.O=C(O)C(F)(F)F. The average molecular weight is 430 g/mol. The van der Waals surface area contributed by atoms with E-state index in [2.05, 4.69) is 20.2 Å². The molecular weight excluding hydrogens is 405 g/mol. The van der Waals surface area contributed by atoms with E-state index in [-0.39, 0.29) is 11.8 Å². The highest BCUT2D eigenvalue weighted by Gasteiger charge is 2.39. The van der Waals surface area contributed by atoms with Gasteiger partial charge in [-0.25, -0.2) is 9.78 Å². The predicted molar refractivity (Wildman–Crippen MR) is 99.5 cm³/mol. The first-order chi connectivity index (χ1) is 14.2. The Morgan fingerprint density at radius 2 is 2.00 bits per heavy atom. The van der Waals surface area contributed by atoms with Gasteiger partial charge in [0.15, 0.2) is 5.82 Å². The summed E-state index contributed by atoms with van der Waals surface area (Å²) in [5.41, 5.74) is 0. The standard InChI is InChI=1S/C17H24N4O2.C2HF3O2/c22-17(20-16-8-18-4-5-19-16)14-7-13-10-21(9-12-1-2-12)6-3-15(13)23-11-14;3-2(4,5)1(6)7/h4-5,8,12-15H,1-3,6-7,9-11H2,(H,19,20,22);(H,6,7)/t13-,14-,15+;/m1./s1. The lowest BCUT2D eigenvalue weighted by Crippen LogP contribution is -2.50. The van der Waals surface area contributed by atoms with Gasteiger partial charge < -0.3 is 20.1 Å². The third-order valence-corrected chi connectivity index (χ3v) is 5.49. The van der Waals surface area contributed by atoms with Crippen molar-refractivity contribution < 1.29 is 32.6 Å². The van der Waals surface area contributed by atoms with Gasteiger partial charge in [-0.2, -0.15) is 13.2 Å². The van der Waals surface area contributed by atoms with Gasteiger partial charge in [-0.05, 0) is 37.5 Å². The number of aromatic nitrogens is 2. The van der Waals surface area contributed by atoms with Crippen LogP contribution in [0.3, 0.4) is 0 Å². The van der Waals surface area contributed by atoms with Crippen LogP contribution in [0.25, 0.3) is 0 Å². The number of halogens is 3. The quantitative estimate of drug-likeness (QED) is 0.755. The van der Waals surface area contributed by atoms with E-state index >= 15 is 0 Å². The summed E-state index contributed by atoms with van der Waals surface area (Å²) in [7, 11) is 0. The minimum Gasteiger partial charge on any atom is -0.475 e. The van der Waals surface area contributed by atoms with E-state index in [1.807, 2.05) is 0 Å². The highest BCUT2D eigenvalue weighted by molar-refractivity contribution is 5.91. The molecule has 2 aliphatic heterocycles. The van der Waals surface area contributed by atoms with Crippen molar-refractivity contribution in [1.29, 1.82) is 0 Å². The smallest absolute Gasteiger partial charge is 0.475 e. The van der Waals surface area contributed by atoms with Crippen LogP contribution in [0.4, 0.5) is 19.0 Å². The van der Waals surface area contributed by atoms with Crippen molar-refractivity contribution in [3.05, 3.63) is 18.6 Å². The van der Waals surface area contributed by atoms with E-state index in [1.165, 1.54) is 19.4 Å². The number of rotatable bonds is 4. The molecule has 1 aromatic rings. The van der Waals surface area contributed by atoms with Gasteiger partial charge in [0.05, 0.1) is 24.8 Å². The number of aliphatic carboxylic acids is 1. The number of carboxylic acid groups (broad SMARTS) is 1. The third-order valence-electron chi connectivity index (χ3n) is 5.49. The summed E-state index contributed by atoms with van der Waals surface area (Å²) in [6.07, 6.45) is 4.82. The second kappa shape index (κ2) is 9.69. The monoisotopic (exact) mass is 430 g/mol. The molecule has 0 radical (unpaired) electrons. The molecule has 166 valence electrons. The molecule has 4 rings (SSSR count). The van der Waals surface area contributed by atoms with Gasteiger partial charge >= 0.3 is 12.1 Å². The van der Waals surface area contributed by atoms with Crippen molar-refractivity contribution in [2.75, 3.05) is 31.6 Å². The second-order valence-electron chi connectivity index (χ2n) is 7.94. The first-order valence-corrected chi connectivity index (χ1v) is 9.93. The Kier molecular flexibility index (Phi) is 7.24. The van der Waals surface area contributed by atoms with Crippen LogP contribution in [0, 0.1) is 17.8 Å². The summed E-state index contributed by atoms with van der Waals surface area (Å²) in [6, 6.07) is 0. The van der Waals surface area contributed by atoms with Gasteiger partial charge in [0.2, 0.25) is 5.91 Å². The van der Waals surface area contributed by atoms with Crippen molar-refractivity contribution in [2.45, 2.75) is 38.0 Å². The topological polar surface area (TPSA) is 105 Å². The Balaban J connectivity index is 0.000000318. The van der Waals surface area contributed by atoms with Crippen LogP contribution in [0.1, 0.15) is 25.7 Å². The molecule has 1 saturated carbocycles. The maximum absolute atomic E-state index is 12.4. The summed E-state index contributed by atoms with van der Waals surface area (Å²) in [4.78, 5) is 32.0. The molecule has 3 heterocycles. The number of amides is 1. The molecule has 11 heteroatoms. The first-order valence-electron chi connectivity index (χ1n) is 9.93. The van der Waals surface area contributed by atoms with E-state index in [4.69, 9.17) is 14.6 Å². The highest BCUT2D eigenvalue weighted by atomic mass is 19.4. The Morgan fingerprint density at radius 3 is 2.60 bits per heavy atom. The van der Waals surface area contributed by atoms with Crippen molar-refractivity contribution in [2.24, 2.45) is 17.8 Å². The lowest BCUT2D eigenvalue weighted by molar-refractivity contribution is -0.192. The van der Waals surface area contributed by atoms with Crippen LogP contribution >= 0.6 is 0 Å². The van der Waals surface area contributed by atoms with Crippen molar-refractivity contribution in [3.8, 4) is 0 Å². The maximum atomic E-state index is 12.4. The fraction of sp³-hybridized carbons (Fsp3) is 0.684. The van der Waals surface area contributed by atoms with Crippen molar-refractivity contribution in [3.63, 3.8) is 0 Å². The summed E-state index contributed by atoms with van der Waals surface area (Å²) < 4.78 is 37.7. The zero-order valence-electron chi connectivity index (χ0n) is 16.3. The fourth-order valence-electron chi connectivity index (χ4n) is 3.81. The van der Waals surface area contributed by atoms with Crippen LogP contribution < -0.4 is 5.32 Å². The number of hydrogen-bond donors (Lipinski definition) is 2. The van der Waals surface area contributed by atoms with Gasteiger partial charge in [0.1, 0.15) is 0 Å². The number of anilines is 1. The minimum absolute atomic E-state index is 0.00302. The molecule has 1 amide bonds. The number of hydrogen-bond acceptors (Lipinski definition) is 6. The van der Waals surface area contributed by atoms with Gasteiger partial charge in [-0.15, -0.1) is 0 Å². The number of ether oxygens (including phenoxy) is 1.